The third-order valence-corrected chi connectivity index (χ3v) is 4.92. The SMILES string of the molecule is CCCCc1nnc(NC(=O)c2c(C)nn(-c3ccc(F)cc3)c2C)s1. The molecule has 8 heteroatoms. The fourth-order valence-electron chi connectivity index (χ4n) is 2.70. The zero-order valence-corrected chi connectivity index (χ0v) is 15.7. The van der Waals surface area contributed by atoms with Crippen molar-refractivity contribution in [3.8, 4) is 5.69 Å². The monoisotopic (exact) mass is 373 g/mol. The molecule has 3 aromatic rings. The molecule has 0 fully saturated rings. The standard InChI is InChI=1S/C18H20FN5OS/c1-4-5-6-15-21-22-18(26-15)20-17(25)16-11(2)23-24(12(16)3)14-9-7-13(19)8-10-14/h7-10H,4-6H2,1-3H3,(H,20,22,25). The van der Waals surface area contributed by atoms with Gasteiger partial charge in [0.05, 0.1) is 22.6 Å². The summed E-state index contributed by atoms with van der Waals surface area (Å²) in [6.07, 6.45) is 3.00. The van der Waals surface area contributed by atoms with Gasteiger partial charge in [0.1, 0.15) is 10.8 Å². The van der Waals surface area contributed by atoms with Crippen molar-refractivity contribution in [2.24, 2.45) is 0 Å². The molecule has 0 radical (unpaired) electrons. The molecular weight excluding hydrogens is 353 g/mol. The highest BCUT2D eigenvalue weighted by Crippen LogP contribution is 2.22. The van der Waals surface area contributed by atoms with E-state index in [1.807, 2.05) is 6.92 Å². The van der Waals surface area contributed by atoms with Crippen LogP contribution in [-0.4, -0.2) is 25.9 Å². The van der Waals surface area contributed by atoms with E-state index in [9.17, 15) is 9.18 Å². The van der Waals surface area contributed by atoms with Crippen molar-refractivity contribution in [3.63, 3.8) is 0 Å². The van der Waals surface area contributed by atoms with Crippen LogP contribution >= 0.6 is 11.3 Å². The van der Waals surface area contributed by atoms with Crippen LogP contribution in [0.2, 0.25) is 0 Å². The maximum absolute atomic E-state index is 13.1. The number of benzene rings is 1. The highest BCUT2D eigenvalue weighted by molar-refractivity contribution is 7.15. The quantitative estimate of drug-likeness (QED) is 0.707. The number of carbonyl (C=O) groups is 1. The number of aryl methyl sites for hydroxylation is 2. The first-order chi connectivity index (χ1) is 12.5. The van der Waals surface area contributed by atoms with Gasteiger partial charge >= 0.3 is 0 Å². The fraction of sp³-hybridized carbons (Fsp3) is 0.333. The zero-order chi connectivity index (χ0) is 18.7. The lowest BCUT2D eigenvalue weighted by Crippen LogP contribution is -2.14. The van der Waals surface area contributed by atoms with E-state index < -0.39 is 0 Å². The van der Waals surface area contributed by atoms with Gasteiger partial charge in [-0.1, -0.05) is 24.7 Å². The number of hydrogen-bond acceptors (Lipinski definition) is 5. The number of unbranched alkanes of at least 4 members (excludes halogenated alkanes) is 1. The van der Waals surface area contributed by atoms with Crippen LogP contribution in [0, 0.1) is 19.7 Å². The molecule has 2 heterocycles. The van der Waals surface area contributed by atoms with Crippen LogP contribution in [0.3, 0.4) is 0 Å². The number of nitrogens with one attached hydrogen (secondary N) is 1. The molecular formula is C18H20FN5OS. The molecule has 0 aliphatic rings. The predicted octanol–water partition coefficient (Wildman–Crippen LogP) is 4.07. The maximum Gasteiger partial charge on any atom is 0.261 e. The molecule has 2 aromatic heterocycles. The van der Waals surface area contributed by atoms with Gasteiger partial charge in [-0.2, -0.15) is 5.10 Å². The van der Waals surface area contributed by atoms with E-state index in [1.54, 1.807) is 23.7 Å². The van der Waals surface area contributed by atoms with Crippen LogP contribution in [0.1, 0.15) is 46.5 Å². The van der Waals surface area contributed by atoms with E-state index >= 15 is 0 Å². The van der Waals surface area contributed by atoms with Crippen molar-refractivity contribution in [1.82, 2.24) is 20.0 Å². The number of anilines is 1. The molecule has 1 N–H and O–H groups in total. The Morgan fingerprint density at radius 3 is 2.65 bits per heavy atom. The number of amides is 1. The van der Waals surface area contributed by atoms with Crippen molar-refractivity contribution < 1.29 is 9.18 Å². The minimum atomic E-state index is -0.316. The third kappa shape index (κ3) is 3.80. The number of nitrogens with zero attached hydrogens (tertiary/aromatic N) is 4. The fourth-order valence-corrected chi connectivity index (χ4v) is 3.47. The third-order valence-electron chi connectivity index (χ3n) is 4.02. The van der Waals surface area contributed by atoms with Crippen LogP contribution in [0.15, 0.2) is 24.3 Å². The first-order valence-corrected chi connectivity index (χ1v) is 9.27. The summed E-state index contributed by atoms with van der Waals surface area (Å²) in [7, 11) is 0. The summed E-state index contributed by atoms with van der Waals surface area (Å²) in [5, 5.41) is 16.8. The van der Waals surface area contributed by atoms with Gasteiger partial charge in [0.15, 0.2) is 0 Å². The number of carbonyl (C=O) groups excluding carboxylic acids is 1. The van der Waals surface area contributed by atoms with Gasteiger partial charge in [0.25, 0.3) is 5.91 Å². The minimum absolute atomic E-state index is 0.272. The molecule has 0 bridgehead atoms. The molecule has 26 heavy (non-hydrogen) atoms. The number of hydrogen-bond donors (Lipinski definition) is 1. The molecule has 0 aliphatic carbocycles. The van der Waals surface area contributed by atoms with Crippen LogP contribution in [0.5, 0.6) is 0 Å². The summed E-state index contributed by atoms with van der Waals surface area (Å²) < 4.78 is 14.8. The van der Waals surface area contributed by atoms with Crippen LogP contribution in [0.4, 0.5) is 9.52 Å². The van der Waals surface area contributed by atoms with Gasteiger partial charge in [-0.3, -0.25) is 10.1 Å². The van der Waals surface area contributed by atoms with Crippen molar-refractivity contribution in [3.05, 3.63) is 52.0 Å². The zero-order valence-electron chi connectivity index (χ0n) is 14.9. The van der Waals surface area contributed by atoms with E-state index in [0.29, 0.717) is 27.8 Å². The Hall–Kier alpha value is -2.61. The molecule has 1 amide bonds. The van der Waals surface area contributed by atoms with E-state index in [2.05, 4.69) is 27.5 Å². The molecule has 0 spiro atoms. The van der Waals surface area contributed by atoms with Crippen molar-refractivity contribution in [1.29, 1.82) is 0 Å². The Morgan fingerprint density at radius 2 is 1.96 bits per heavy atom. The Balaban J connectivity index is 1.81. The summed E-state index contributed by atoms with van der Waals surface area (Å²) in [6.45, 7) is 5.70. The Kier molecular flexibility index (Phi) is 5.41. The summed E-state index contributed by atoms with van der Waals surface area (Å²) >= 11 is 1.39. The summed E-state index contributed by atoms with van der Waals surface area (Å²) in [6, 6.07) is 5.98. The number of halogens is 1. The molecule has 0 atom stereocenters. The number of rotatable bonds is 6. The summed E-state index contributed by atoms with van der Waals surface area (Å²) in [5.41, 5.74) is 2.46. The number of aromatic nitrogens is 4. The second-order valence-electron chi connectivity index (χ2n) is 5.99. The molecule has 0 saturated carbocycles. The predicted molar refractivity (Wildman–Crippen MR) is 99.5 cm³/mol. The van der Waals surface area contributed by atoms with E-state index in [4.69, 9.17) is 0 Å². The summed E-state index contributed by atoms with van der Waals surface area (Å²) in [4.78, 5) is 12.7. The topological polar surface area (TPSA) is 72.7 Å². The first-order valence-electron chi connectivity index (χ1n) is 8.45. The second-order valence-corrected chi connectivity index (χ2v) is 7.05. The minimum Gasteiger partial charge on any atom is -0.296 e. The van der Waals surface area contributed by atoms with Crippen molar-refractivity contribution in [2.45, 2.75) is 40.0 Å². The Bertz CT molecular complexity index is 916. The highest BCUT2D eigenvalue weighted by atomic mass is 32.1. The average Bonchev–Trinajstić information content (AvgIpc) is 3.17. The molecule has 0 unspecified atom stereocenters. The van der Waals surface area contributed by atoms with E-state index in [-0.39, 0.29) is 11.7 Å². The molecule has 0 aliphatic heterocycles. The Labute approximate surface area is 155 Å². The lowest BCUT2D eigenvalue weighted by Gasteiger charge is -2.05. The first kappa shape index (κ1) is 18.2. The average molecular weight is 373 g/mol. The van der Waals surface area contributed by atoms with Crippen molar-refractivity contribution in [2.75, 3.05) is 5.32 Å². The van der Waals surface area contributed by atoms with Gasteiger partial charge in [-0.15, -0.1) is 10.2 Å². The molecule has 3 rings (SSSR count). The van der Waals surface area contributed by atoms with E-state index in [0.717, 1.165) is 24.3 Å². The van der Waals surface area contributed by atoms with Gasteiger partial charge in [0.2, 0.25) is 5.13 Å². The maximum atomic E-state index is 13.1. The molecule has 1 aromatic carbocycles. The largest absolute Gasteiger partial charge is 0.296 e. The molecule has 6 nitrogen and oxygen atoms in total. The summed E-state index contributed by atoms with van der Waals surface area (Å²) in [5.74, 6) is -0.588. The van der Waals surface area contributed by atoms with Crippen LogP contribution in [-0.2, 0) is 6.42 Å². The normalized spacial score (nSPS) is 10.9. The highest BCUT2D eigenvalue weighted by Gasteiger charge is 2.20. The van der Waals surface area contributed by atoms with Crippen LogP contribution < -0.4 is 5.32 Å². The molecule has 136 valence electrons. The van der Waals surface area contributed by atoms with Gasteiger partial charge < -0.3 is 0 Å². The lowest BCUT2D eigenvalue weighted by molar-refractivity contribution is 0.102. The molecule has 0 saturated heterocycles. The van der Waals surface area contributed by atoms with Gasteiger partial charge in [-0.25, -0.2) is 9.07 Å². The van der Waals surface area contributed by atoms with Crippen LogP contribution in [0.25, 0.3) is 5.69 Å². The smallest absolute Gasteiger partial charge is 0.261 e. The van der Waals surface area contributed by atoms with Gasteiger partial charge in [-0.05, 0) is 44.5 Å². The lowest BCUT2D eigenvalue weighted by atomic mass is 10.2. The Morgan fingerprint density at radius 1 is 1.23 bits per heavy atom. The van der Waals surface area contributed by atoms with Gasteiger partial charge in [0, 0.05) is 6.42 Å². The van der Waals surface area contributed by atoms with E-state index in [1.165, 1.54) is 23.5 Å². The second kappa shape index (κ2) is 7.74. The van der Waals surface area contributed by atoms with Crippen molar-refractivity contribution >= 4 is 22.4 Å².